The molecule has 4 nitrogen and oxygen atoms in total. The third-order valence-corrected chi connectivity index (χ3v) is 4.22. The van der Waals surface area contributed by atoms with Crippen LogP contribution in [0.25, 0.3) is 0 Å². The summed E-state index contributed by atoms with van der Waals surface area (Å²) in [6, 6.07) is 19.0. The molecule has 0 fully saturated rings. The van der Waals surface area contributed by atoms with Crippen molar-refractivity contribution in [2.75, 3.05) is 0 Å². The fraction of sp³-hybridized carbons (Fsp3) is 0.143. The summed E-state index contributed by atoms with van der Waals surface area (Å²) >= 11 is 0. The molecule has 1 aromatic heterocycles. The number of fused-ring (bicyclic) bond motifs is 1. The number of aromatic nitrogens is 1. The molecule has 1 aliphatic rings. The van der Waals surface area contributed by atoms with Crippen LogP contribution in [0.3, 0.4) is 0 Å². The molecular weight excluding hydrogens is 314 g/mol. The second-order valence-electron chi connectivity index (χ2n) is 5.95. The van der Waals surface area contributed by atoms with Gasteiger partial charge >= 0.3 is 0 Å². The summed E-state index contributed by atoms with van der Waals surface area (Å²) in [5.41, 5.74) is 2.65. The summed E-state index contributed by atoms with van der Waals surface area (Å²) in [5.74, 6) is 1.35. The van der Waals surface area contributed by atoms with E-state index in [1.807, 2.05) is 48.5 Å². The predicted molar refractivity (Wildman–Crippen MR) is 93.8 cm³/mol. The number of pyridine rings is 1. The molecule has 4 rings (SSSR count). The smallest absolute Gasteiger partial charge is 0.170 e. The Labute approximate surface area is 146 Å². The molecule has 124 valence electrons. The number of hydrogen-bond acceptors (Lipinski definition) is 4. The van der Waals surface area contributed by atoms with E-state index in [-0.39, 0.29) is 11.9 Å². The Morgan fingerprint density at radius 2 is 1.84 bits per heavy atom. The molecule has 0 amide bonds. The van der Waals surface area contributed by atoms with Gasteiger partial charge in [0, 0.05) is 18.5 Å². The summed E-state index contributed by atoms with van der Waals surface area (Å²) in [7, 11) is 0. The van der Waals surface area contributed by atoms with Crippen molar-refractivity contribution in [2.45, 2.75) is 19.1 Å². The van der Waals surface area contributed by atoms with Gasteiger partial charge < -0.3 is 9.47 Å². The molecule has 0 saturated heterocycles. The number of ketones is 1. The van der Waals surface area contributed by atoms with Crippen molar-refractivity contribution in [1.82, 2.24) is 4.98 Å². The average molecular weight is 331 g/mol. The van der Waals surface area contributed by atoms with Gasteiger partial charge in [0.25, 0.3) is 0 Å². The van der Waals surface area contributed by atoms with Crippen LogP contribution in [0.4, 0.5) is 0 Å². The number of hydrogen-bond donors (Lipinski definition) is 0. The van der Waals surface area contributed by atoms with E-state index in [9.17, 15) is 4.79 Å². The van der Waals surface area contributed by atoms with E-state index in [1.165, 1.54) is 0 Å². The molecule has 3 aromatic rings. The summed E-state index contributed by atoms with van der Waals surface area (Å²) < 4.78 is 11.9. The first kappa shape index (κ1) is 15.4. The average Bonchev–Trinajstić information content (AvgIpc) is 2.67. The SMILES string of the molecule is O=C1CC(c2ccccc2)Oc2cc(OCc3ccncc3)ccc21. The maximum Gasteiger partial charge on any atom is 0.170 e. The Bertz CT molecular complexity index is 878. The van der Waals surface area contributed by atoms with Gasteiger partial charge in [0.15, 0.2) is 5.78 Å². The van der Waals surface area contributed by atoms with Crippen molar-refractivity contribution >= 4 is 5.78 Å². The first-order valence-electron chi connectivity index (χ1n) is 8.20. The second kappa shape index (κ2) is 6.77. The first-order chi connectivity index (χ1) is 12.3. The molecule has 1 unspecified atom stereocenters. The highest BCUT2D eigenvalue weighted by atomic mass is 16.5. The van der Waals surface area contributed by atoms with Crippen LogP contribution in [-0.4, -0.2) is 10.8 Å². The van der Waals surface area contributed by atoms with Crippen LogP contribution >= 0.6 is 0 Å². The second-order valence-corrected chi connectivity index (χ2v) is 5.95. The van der Waals surface area contributed by atoms with Crippen LogP contribution in [0.2, 0.25) is 0 Å². The Kier molecular flexibility index (Phi) is 4.17. The lowest BCUT2D eigenvalue weighted by Gasteiger charge is -2.26. The van der Waals surface area contributed by atoms with Gasteiger partial charge in [-0.05, 0) is 35.4 Å². The molecule has 25 heavy (non-hydrogen) atoms. The van der Waals surface area contributed by atoms with Gasteiger partial charge in [-0.2, -0.15) is 0 Å². The van der Waals surface area contributed by atoms with Gasteiger partial charge in [0.05, 0.1) is 12.0 Å². The standard InChI is InChI=1S/C21H17NO3/c23-19-13-20(16-4-2-1-3-5-16)25-21-12-17(6-7-18(19)21)24-14-15-8-10-22-11-9-15/h1-12,20H,13-14H2. The fourth-order valence-electron chi connectivity index (χ4n) is 2.89. The molecular formula is C21H17NO3. The molecule has 0 bridgehead atoms. The third kappa shape index (κ3) is 3.38. The van der Waals surface area contributed by atoms with Gasteiger partial charge in [-0.15, -0.1) is 0 Å². The molecule has 1 atom stereocenters. The Morgan fingerprint density at radius 1 is 1.04 bits per heavy atom. The predicted octanol–water partition coefficient (Wildman–Crippen LogP) is 4.37. The number of ether oxygens (including phenoxy) is 2. The number of carbonyl (C=O) groups is 1. The minimum absolute atomic E-state index is 0.0933. The zero-order valence-corrected chi connectivity index (χ0v) is 13.6. The van der Waals surface area contributed by atoms with Crippen molar-refractivity contribution in [3.8, 4) is 11.5 Å². The largest absolute Gasteiger partial charge is 0.489 e. The van der Waals surface area contributed by atoms with E-state index in [0.29, 0.717) is 30.1 Å². The molecule has 0 radical (unpaired) electrons. The molecule has 2 heterocycles. The van der Waals surface area contributed by atoms with Crippen molar-refractivity contribution in [3.05, 3.63) is 89.7 Å². The molecule has 0 saturated carbocycles. The minimum atomic E-state index is -0.253. The first-order valence-corrected chi connectivity index (χ1v) is 8.20. The van der Waals surface area contributed by atoms with Gasteiger partial charge in [-0.25, -0.2) is 0 Å². The molecule has 2 aromatic carbocycles. The van der Waals surface area contributed by atoms with Crippen LogP contribution in [0.15, 0.2) is 73.1 Å². The molecule has 4 heteroatoms. The lowest BCUT2D eigenvalue weighted by atomic mass is 9.96. The Hall–Kier alpha value is -3.14. The topological polar surface area (TPSA) is 48.4 Å². The summed E-state index contributed by atoms with van der Waals surface area (Å²) in [4.78, 5) is 16.4. The van der Waals surface area contributed by atoms with Crippen LogP contribution in [0, 0.1) is 0 Å². The quantitative estimate of drug-likeness (QED) is 0.712. The maximum atomic E-state index is 12.4. The summed E-state index contributed by atoms with van der Waals surface area (Å²) in [6.45, 7) is 0.442. The van der Waals surface area contributed by atoms with Gasteiger partial charge in [0.1, 0.15) is 24.2 Å². The number of nitrogens with zero attached hydrogens (tertiary/aromatic N) is 1. The molecule has 0 N–H and O–H groups in total. The highest BCUT2D eigenvalue weighted by molar-refractivity contribution is 6.00. The lowest BCUT2D eigenvalue weighted by molar-refractivity contribution is 0.0849. The van der Waals surface area contributed by atoms with Gasteiger partial charge in [-0.3, -0.25) is 9.78 Å². The van der Waals surface area contributed by atoms with Crippen LogP contribution < -0.4 is 9.47 Å². The van der Waals surface area contributed by atoms with E-state index < -0.39 is 0 Å². The van der Waals surface area contributed by atoms with Gasteiger partial charge in [-0.1, -0.05) is 30.3 Å². The maximum absolute atomic E-state index is 12.4. The van der Waals surface area contributed by atoms with E-state index >= 15 is 0 Å². The summed E-state index contributed by atoms with van der Waals surface area (Å²) in [5, 5.41) is 0. The number of rotatable bonds is 4. The van der Waals surface area contributed by atoms with Gasteiger partial charge in [0.2, 0.25) is 0 Å². The summed E-state index contributed by atoms with van der Waals surface area (Å²) in [6.07, 6.45) is 3.57. The van der Waals surface area contributed by atoms with Crippen LogP contribution in [0.5, 0.6) is 11.5 Å². The van der Waals surface area contributed by atoms with Crippen molar-refractivity contribution in [3.63, 3.8) is 0 Å². The third-order valence-electron chi connectivity index (χ3n) is 4.22. The molecule has 0 aliphatic carbocycles. The zero-order valence-electron chi connectivity index (χ0n) is 13.6. The highest BCUT2D eigenvalue weighted by Crippen LogP contribution is 2.37. The number of carbonyl (C=O) groups excluding carboxylic acids is 1. The van der Waals surface area contributed by atoms with Crippen LogP contribution in [-0.2, 0) is 6.61 Å². The number of Topliss-reactive ketones (excluding diaryl/α,β-unsaturated/α-hetero) is 1. The zero-order chi connectivity index (χ0) is 17.1. The van der Waals surface area contributed by atoms with Crippen molar-refractivity contribution in [1.29, 1.82) is 0 Å². The monoisotopic (exact) mass is 331 g/mol. The Balaban J connectivity index is 1.54. The molecule has 0 spiro atoms. The van der Waals surface area contributed by atoms with E-state index in [0.717, 1.165) is 11.1 Å². The van der Waals surface area contributed by atoms with Crippen molar-refractivity contribution < 1.29 is 14.3 Å². The van der Waals surface area contributed by atoms with E-state index in [4.69, 9.17) is 9.47 Å². The highest BCUT2D eigenvalue weighted by Gasteiger charge is 2.27. The molecule has 1 aliphatic heterocycles. The van der Waals surface area contributed by atoms with Crippen molar-refractivity contribution in [2.24, 2.45) is 0 Å². The lowest BCUT2D eigenvalue weighted by Crippen LogP contribution is -2.20. The Morgan fingerprint density at radius 3 is 2.64 bits per heavy atom. The normalized spacial score (nSPS) is 16.0. The van der Waals surface area contributed by atoms with Crippen LogP contribution in [0.1, 0.15) is 34.0 Å². The van der Waals surface area contributed by atoms with E-state index in [2.05, 4.69) is 4.98 Å². The van der Waals surface area contributed by atoms with E-state index in [1.54, 1.807) is 24.5 Å². The minimum Gasteiger partial charge on any atom is -0.489 e. The fourth-order valence-corrected chi connectivity index (χ4v) is 2.89. The number of benzene rings is 2.